The highest BCUT2D eigenvalue weighted by atomic mass is 32.2. The smallest absolute Gasteiger partial charge is 0.233 e. The molecule has 156 valence electrons. The summed E-state index contributed by atoms with van der Waals surface area (Å²) in [6, 6.07) is 4.90. The molecule has 0 saturated heterocycles. The van der Waals surface area contributed by atoms with Gasteiger partial charge in [0.05, 0.1) is 11.9 Å². The van der Waals surface area contributed by atoms with E-state index in [9.17, 15) is 8.76 Å². The number of nitrogens with one attached hydrogen (secondary N) is 1. The van der Waals surface area contributed by atoms with Crippen LogP contribution in [0, 0.1) is 0 Å². The van der Waals surface area contributed by atoms with Crippen molar-refractivity contribution in [3.63, 3.8) is 0 Å². The van der Waals surface area contributed by atoms with Crippen LogP contribution < -0.4 is 10.3 Å². The Labute approximate surface area is 174 Å². The number of pyridine rings is 1. The Morgan fingerprint density at radius 1 is 1.20 bits per heavy atom. The first-order valence-corrected chi connectivity index (χ1v) is 10.7. The Hall–Kier alpha value is -2.92. The minimum absolute atomic E-state index is 0.0466. The second-order valence-corrected chi connectivity index (χ2v) is 8.45. The number of hydrogen-bond donors (Lipinski definition) is 1. The zero-order valence-electron chi connectivity index (χ0n) is 16.2. The van der Waals surface area contributed by atoms with Gasteiger partial charge in [-0.1, -0.05) is 19.3 Å². The summed E-state index contributed by atoms with van der Waals surface area (Å²) in [6.07, 6.45) is 7.39. The fourth-order valence-electron chi connectivity index (χ4n) is 4.31. The SMILES string of the molecule is CN1N=C(F)C2(CCCCC2)n2c1cc1cnc(Nc3ccc(S(=O)[O-])nc3)nc12. The minimum atomic E-state index is -2.39. The van der Waals surface area contributed by atoms with E-state index in [1.807, 2.05) is 10.6 Å². The van der Waals surface area contributed by atoms with Gasteiger partial charge in [0.1, 0.15) is 22.0 Å². The van der Waals surface area contributed by atoms with Crippen LogP contribution in [0.5, 0.6) is 0 Å². The first-order valence-electron chi connectivity index (χ1n) is 9.68. The molecule has 5 rings (SSSR count). The van der Waals surface area contributed by atoms with Gasteiger partial charge in [-0.25, -0.2) is 15.0 Å². The molecule has 0 aromatic carbocycles. The van der Waals surface area contributed by atoms with E-state index in [2.05, 4.69) is 25.4 Å². The fraction of sp³-hybridized carbons (Fsp3) is 0.368. The molecule has 30 heavy (non-hydrogen) atoms. The van der Waals surface area contributed by atoms with Gasteiger partial charge in [0.15, 0.2) is 0 Å². The summed E-state index contributed by atoms with van der Waals surface area (Å²) < 4.78 is 39.1. The van der Waals surface area contributed by atoms with Gasteiger partial charge in [0, 0.05) is 18.6 Å². The molecule has 1 aliphatic carbocycles. The quantitative estimate of drug-likeness (QED) is 0.638. The van der Waals surface area contributed by atoms with Crippen molar-refractivity contribution in [2.24, 2.45) is 5.10 Å². The number of fused-ring (bicyclic) bond motifs is 4. The summed E-state index contributed by atoms with van der Waals surface area (Å²) in [4.78, 5) is 12.9. The summed E-state index contributed by atoms with van der Waals surface area (Å²) in [6.45, 7) is 0. The third-order valence-corrected chi connectivity index (χ3v) is 6.33. The molecule has 3 aromatic heterocycles. The number of rotatable bonds is 3. The molecule has 2 aliphatic rings. The van der Waals surface area contributed by atoms with Gasteiger partial charge in [-0.15, -0.1) is 5.10 Å². The van der Waals surface area contributed by atoms with Crippen molar-refractivity contribution in [3.05, 3.63) is 30.6 Å². The van der Waals surface area contributed by atoms with Crippen molar-refractivity contribution >= 4 is 45.5 Å². The van der Waals surface area contributed by atoms with Gasteiger partial charge < -0.3 is 9.87 Å². The Bertz CT molecular complexity index is 1170. The highest BCUT2D eigenvalue weighted by Crippen LogP contribution is 2.45. The largest absolute Gasteiger partial charge is 0.767 e. The maximum absolute atomic E-state index is 15.2. The Morgan fingerprint density at radius 2 is 2.00 bits per heavy atom. The first kappa shape index (κ1) is 19.1. The van der Waals surface area contributed by atoms with Crippen molar-refractivity contribution in [1.82, 2.24) is 19.5 Å². The fourth-order valence-corrected chi connectivity index (χ4v) is 4.63. The summed E-state index contributed by atoms with van der Waals surface area (Å²) in [7, 11) is 1.72. The lowest BCUT2D eigenvalue weighted by Gasteiger charge is -2.41. The molecule has 4 heterocycles. The predicted octanol–water partition coefficient (Wildman–Crippen LogP) is 3.20. The summed E-state index contributed by atoms with van der Waals surface area (Å²) in [5, 5.41) is 9.47. The Kier molecular flexibility index (Phi) is 4.51. The molecule has 9 nitrogen and oxygen atoms in total. The third-order valence-electron chi connectivity index (χ3n) is 5.75. The van der Waals surface area contributed by atoms with E-state index in [4.69, 9.17) is 0 Å². The maximum atomic E-state index is 15.2. The maximum Gasteiger partial charge on any atom is 0.233 e. The summed E-state index contributed by atoms with van der Waals surface area (Å²) >= 11 is -2.39. The monoisotopic (exact) mass is 428 g/mol. The molecular formula is C19H19FN7O2S-. The lowest BCUT2D eigenvalue weighted by Crippen LogP contribution is -2.46. The number of hydrogen-bond acceptors (Lipinski definition) is 8. The number of nitrogens with zero attached hydrogens (tertiary/aromatic N) is 6. The molecule has 0 radical (unpaired) electrons. The molecule has 1 aliphatic heterocycles. The van der Waals surface area contributed by atoms with Crippen LogP contribution in [-0.2, 0) is 16.6 Å². The van der Waals surface area contributed by atoms with Crippen LogP contribution in [-0.4, -0.2) is 41.3 Å². The van der Waals surface area contributed by atoms with Crippen LogP contribution in [0.4, 0.5) is 21.8 Å². The normalized spacial score (nSPS) is 18.9. The van der Waals surface area contributed by atoms with Crippen LogP contribution >= 0.6 is 0 Å². The first-order chi connectivity index (χ1) is 14.5. The lowest BCUT2D eigenvalue weighted by molar-refractivity contribution is 0.263. The van der Waals surface area contributed by atoms with Crippen LogP contribution in [0.1, 0.15) is 32.1 Å². The third kappa shape index (κ3) is 2.96. The Morgan fingerprint density at radius 3 is 2.70 bits per heavy atom. The van der Waals surface area contributed by atoms with E-state index in [0.29, 0.717) is 30.1 Å². The highest BCUT2D eigenvalue weighted by molar-refractivity contribution is 7.79. The van der Waals surface area contributed by atoms with E-state index in [1.165, 1.54) is 17.3 Å². The molecular weight excluding hydrogens is 409 g/mol. The number of anilines is 3. The number of aromatic nitrogens is 4. The molecule has 0 amide bonds. The van der Waals surface area contributed by atoms with E-state index in [0.717, 1.165) is 30.5 Å². The van der Waals surface area contributed by atoms with Crippen LogP contribution in [0.2, 0.25) is 0 Å². The Balaban J connectivity index is 1.58. The van der Waals surface area contributed by atoms with Gasteiger partial charge in [-0.3, -0.25) is 8.78 Å². The molecule has 1 spiro atoms. The van der Waals surface area contributed by atoms with Crippen LogP contribution in [0.3, 0.4) is 0 Å². The average molecular weight is 428 g/mol. The van der Waals surface area contributed by atoms with Crippen molar-refractivity contribution in [2.75, 3.05) is 17.4 Å². The molecule has 1 saturated carbocycles. The lowest BCUT2D eigenvalue weighted by atomic mass is 9.81. The number of halogens is 1. The molecule has 1 N–H and O–H groups in total. The predicted molar refractivity (Wildman–Crippen MR) is 110 cm³/mol. The standard InChI is InChI=1S/C19H20FN7O2S/c1-26-15-9-12-10-22-18(23-13-5-6-14(21-11-13)30(28)29)24-16(12)27(15)19(17(20)25-26)7-3-2-4-8-19/h5-6,9-11H,2-4,7-8H2,1H3,(H,28,29)(H,22,23,24)/p-1. The van der Waals surface area contributed by atoms with Crippen molar-refractivity contribution < 1.29 is 13.2 Å². The van der Waals surface area contributed by atoms with E-state index >= 15 is 4.39 Å². The van der Waals surface area contributed by atoms with Crippen molar-refractivity contribution in [3.8, 4) is 0 Å². The minimum Gasteiger partial charge on any atom is -0.767 e. The molecule has 0 bridgehead atoms. The molecule has 11 heteroatoms. The zero-order valence-corrected chi connectivity index (χ0v) is 17.0. The van der Waals surface area contributed by atoms with Crippen molar-refractivity contribution in [2.45, 2.75) is 42.7 Å². The van der Waals surface area contributed by atoms with Gasteiger partial charge in [-0.05, 0) is 42.1 Å². The van der Waals surface area contributed by atoms with E-state index in [1.54, 1.807) is 19.3 Å². The molecule has 1 unspecified atom stereocenters. The van der Waals surface area contributed by atoms with E-state index < -0.39 is 16.6 Å². The van der Waals surface area contributed by atoms with Gasteiger partial charge in [-0.2, -0.15) is 9.37 Å². The van der Waals surface area contributed by atoms with Gasteiger partial charge in [0.2, 0.25) is 11.9 Å². The number of hydrazone groups is 1. The van der Waals surface area contributed by atoms with Crippen LogP contribution in [0.25, 0.3) is 11.0 Å². The summed E-state index contributed by atoms with van der Waals surface area (Å²) in [5.74, 6) is 0.717. The molecule has 1 atom stereocenters. The van der Waals surface area contributed by atoms with Crippen LogP contribution in [0.15, 0.2) is 40.7 Å². The second-order valence-electron chi connectivity index (χ2n) is 7.56. The topological polar surface area (TPSA) is 111 Å². The summed E-state index contributed by atoms with van der Waals surface area (Å²) in [5.41, 5.74) is 0.368. The zero-order chi connectivity index (χ0) is 20.9. The van der Waals surface area contributed by atoms with E-state index in [-0.39, 0.29) is 11.0 Å². The average Bonchev–Trinajstić information content (AvgIpc) is 3.14. The van der Waals surface area contributed by atoms with Crippen molar-refractivity contribution in [1.29, 1.82) is 0 Å². The van der Waals surface area contributed by atoms with Gasteiger partial charge in [0.25, 0.3) is 0 Å². The highest BCUT2D eigenvalue weighted by Gasteiger charge is 2.45. The van der Waals surface area contributed by atoms with Gasteiger partial charge >= 0.3 is 0 Å². The second kappa shape index (κ2) is 7.10. The molecule has 1 fully saturated rings. The molecule has 3 aromatic rings.